The summed E-state index contributed by atoms with van der Waals surface area (Å²) in [6.45, 7) is 2.99. The lowest BCUT2D eigenvalue weighted by Gasteiger charge is -2.18. The van der Waals surface area contributed by atoms with E-state index in [0.29, 0.717) is 19.2 Å². The summed E-state index contributed by atoms with van der Waals surface area (Å²) < 4.78 is 11.7. The largest absolute Gasteiger partial charge is 0.458 e. The van der Waals surface area contributed by atoms with E-state index in [0.717, 1.165) is 35.3 Å². The molecular formula is C17H24N2O2. The predicted octanol–water partition coefficient (Wildman–Crippen LogP) is 2.89. The molecule has 1 saturated heterocycles. The third-order valence-electron chi connectivity index (χ3n) is 4.49. The zero-order valence-corrected chi connectivity index (χ0v) is 12.7. The van der Waals surface area contributed by atoms with E-state index in [1.165, 1.54) is 19.4 Å². The molecule has 1 aliphatic rings. The van der Waals surface area contributed by atoms with Gasteiger partial charge in [0.2, 0.25) is 0 Å². The maximum Gasteiger partial charge on any atom is 0.135 e. The van der Waals surface area contributed by atoms with Gasteiger partial charge in [-0.05, 0) is 38.9 Å². The predicted molar refractivity (Wildman–Crippen MR) is 84.0 cm³/mol. The fourth-order valence-corrected chi connectivity index (χ4v) is 3.22. The molecule has 0 bridgehead atoms. The van der Waals surface area contributed by atoms with Crippen LogP contribution >= 0.6 is 0 Å². The first-order valence-electron chi connectivity index (χ1n) is 7.77. The Labute approximate surface area is 125 Å². The van der Waals surface area contributed by atoms with Crippen LogP contribution in [0.25, 0.3) is 11.0 Å². The first-order valence-corrected chi connectivity index (χ1v) is 7.77. The number of furan rings is 1. The molecule has 1 atom stereocenters. The normalized spacial score (nSPS) is 19.6. The molecule has 3 rings (SSSR count). The lowest BCUT2D eigenvalue weighted by Crippen LogP contribution is -2.26. The molecule has 0 saturated carbocycles. The zero-order chi connectivity index (χ0) is 14.7. The Morgan fingerprint density at radius 2 is 2.24 bits per heavy atom. The minimum Gasteiger partial charge on any atom is -0.458 e. The van der Waals surface area contributed by atoms with Gasteiger partial charge in [0, 0.05) is 30.1 Å². The number of nitrogens with zero attached hydrogens (tertiary/aromatic N) is 1. The van der Waals surface area contributed by atoms with Crippen molar-refractivity contribution in [2.75, 3.05) is 20.2 Å². The highest BCUT2D eigenvalue weighted by molar-refractivity contribution is 5.82. The molecule has 0 radical (unpaired) electrons. The van der Waals surface area contributed by atoms with Crippen molar-refractivity contribution >= 4 is 11.0 Å². The molecule has 1 aromatic heterocycles. The van der Waals surface area contributed by atoms with Crippen LogP contribution in [0, 0.1) is 0 Å². The summed E-state index contributed by atoms with van der Waals surface area (Å²) in [6.07, 6.45) is 3.69. The third-order valence-corrected chi connectivity index (χ3v) is 4.49. The van der Waals surface area contributed by atoms with Crippen molar-refractivity contribution in [1.82, 2.24) is 4.90 Å². The van der Waals surface area contributed by atoms with Crippen LogP contribution in [0.2, 0.25) is 0 Å². The second-order valence-electron chi connectivity index (χ2n) is 5.82. The molecule has 4 heteroatoms. The monoisotopic (exact) mass is 288 g/mol. The van der Waals surface area contributed by atoms with Gasteiger partial charge in [-0.25, -0.2) is 0 Å². The molecular weight excluding hydrogens is 264 g/mol. The Balaban J connectivity index is 1.57. The first-order chi connectivity index (χ1) is 10.3. The molecule has 2 aromatic rings. The maximum absolute atomic E-state index is 5.87. The quantitative estimate of drug-likeness (QED) is 0.830. The van der Waals surface area contributed by atoms with E-state index >= 15 is 0 Å². The molecule has 2 N–H and O–H groups in total. The lowest BCUT2D eigenvalue weighted by molar-refractivity contribution is 0.0898. The van der Waals surface area contributed by atoms with Crippen molar-refractivity contribution in [3.8, 4) is 0 Å². The highest BCUT2D eigenvalue weighted by Gasteiger charge is 2.20. The number of fused-ring (bicyclic) bond motifs is 1. The van der Waals surface area contributed by atoms with Crippen LogP contribution in [0.1, 0.15) is 30.6 Å². The van der Waals surface area contributed by atoms with E-state index in [1.54, 1.807) is 0 Å². The molecule has 0 amide bonds. The van der Waals surface area contributed by atoms with E-state index in [9.17, 15) is 0 Å². The molecule has 1 unspecified atom stereocenters. The summed E-state index contributed by atoms with van der Waals surface area (Å²) in [6, 6.07) is 8.70. The van der Waals surface area contributed by atoms with Gasteiger partial charge in [-0.15, -0.1) is 0 Å². The van der Waals surface area contributed by atoms with Crippen LogP contribution in [-0.4, -0.2) is 31.1 Å². The van der Waals surface area contributed by atoms with E-state index in [4.69, 9.17) is 14.9 Å². The number of hydrogen-bond acceptors (Lipinski definition) is 4. The Morgan fingerprint density at radius 1 is 1.38 bits per heavy atom. The second kappa shape index (κ2) is 6.60. The van der Waals surface area contributed by atoms with Gasteiger partial charge in [-0.3, -0.25) is 0 Å². The molecule has 0 spiro atoms. The van der Waals surface area contributed by atoms with Gasteiger partial charge in [0.05, 0.1) is 0 Å². The average molecular weight is 288 g/mol. The van der Waals surface area contributed by atoms with Crippen LogP contribution in [0.3, 0.4) is 0 Å². The van der Waals surface area contributed by atoms with E-state index < -0.39 is 0 Å². The van der Waals surface area contributed by atoms with Gasteiger partial charge in [0.25, 0.3) is 0 Å². The molecule has 1 fully saturated rings. The van der Waals surface area contributed by atoms with E-state index in [-0.39, 0.29) is 0 Å². The lowest BCUT2D eigenvalue weighted by atomic mass is 10.1. The molecule has 2 heterocycles. The minimum atomic E-state index is 0.487. The highest BCUT2D eigenvalue weighted by atomic mass is 16.5. The average Bonchev–Trinajstić information content (AvgIpc) is 3.06. The van der Waals surface area contributed by atoms with Crippen LogP contribution in [0.4, 0.5) is 0 Å². The van der Waals surface area contributed by atoms with Crippen LogP contribution < -0.4 is 5.73 Å². The van der Waals surface area contributed by atoms with Crippen LogP contribution in [-0.2, 0) is 17.9 Å². The fraction of sp³-hybridized carbons (Fsp3) is 0.529. The Hall–Kier alpha value is -1.36. The summed E-state index contributed by atoms with van der Waals surface area (Å²) in [4.78, 5) is 2.43. The number of hydrogen-bond donors (Lipinski definition) is 1. The zero-order valence-electron chi connectivity index (χ0n) is 12.7. The number of likely N-dealkylation sites (tertiary alicyclic amines) is 1. The molecule has 4 nitrogen and oxygen atoms in total. The van der Waals surface area contributed by atoms with Gasteiger partial charge < -0.3 is 19.8 Å². The smallest absolute Gasteiger partial charge is 0.135 e. The molecule has 1 aliphatic heterocycles. The van der Waals surface area contributed by atoms with Gasteiger partial charge in [0.1, 0.15) is 18.0 Å². The van der Waals surface area contributed by atoms with E-state index in [2.05, 4.69) is 18.0 Å². The van der Waals surface area contributed by atoms with Gasteiger partial charge in [0.15, 0.2) is 0 Å². The molecule has 0 aliphatic carbocycles. The molecule has 114 valence electrons. The maximum atomic E-state index is 5.87. The summed E-state index contributed by atoms with van der Waals surface area (Å²) in [5.41, 5.74) is 7.83. The highest BCUT2D eigenvalue weighted by Crippen LogP contribution is 2.26. The number of para-hydroxylation sites is 1. The topological polar surface area (TPSA) is 51.6 Å². The molecule has 1 aromatic carbocycles. The number of ether oxygens (including phenoxy) is 1. The molecule has 21 heavy (non-hydrogen) atoms. The number of benzene rings is 1. The summed E-state index contributed by atoms with van der Waals surface area (Å²) in [5, 5.41) is 1.11. The third kappa shape index (κ3) is 3.12. The second-order valence-corrected chi connectivity index (χ2v) is 5.82. The van der Waals surface area contributed by atoms with Crippen molar-refractivity contribution < 1.29 is 9.15 Å². The SMILES string of the molecule is CN1CCCC1CCOCc1oc2ccccc2c1CN. The number of nitrogens with two attached hydrogens (primary N) is 1. The van der Waals surface area contributed by atoms with Crippen molar-refractivity contribution in [2.24, 2.45) is 5.73 Å². The first kappa shape index (κ1) is 14.6. The standard InChI is InChI=1S/C17H24N2O2/c1-19-9-4-5-13(19)8-10-20-12-17-15(11-18)14-6-2-3-7-16(14)21-17/h2-3,6-7,13H,4-5,8-12,18H2,1H3. The van der Waals surface area contributed by atoms with Crippen molar-refractivity contribution in [1.29, 1.82) is 0 Å². The Kier molecular flexibility index (Phi) is 4.58. The van der Waals surface area contributed by atoms with Crippen molar-refractivity contribution in [3.63, 3.8) is 0 Å². The fourth-order valence-electron chi connectivity index (χ4n) is 3.22. The van der Waals surface area contributed by atoms with Gasteiger partial charge in [-0.2, -0.15) is 0 Å². The van der Waals surface area contributed by atoms with Crippen molar-refractivity contribution in [2.45, 2.75) is 38.5 Å². The Bertz CT molecular complexity index is 593. The summed E-state index contributed by atoms with van der Waals surface area (Å²) in [5.74, 6) is 0.874. The van der Waals surface area contributed by atoms with Gasteiger partial charge in [-0.1, -0.05) is 18.2 Å². The summed E-state index contributed by atoms with van der Waals surface area (Å²) >= 11 is 0. The Morgan fingerprint density at radius 3 is 3.00 bits per heavy atom. The van der Waals surface area contributed by atoms with E-state index in [1.807, 2.05) is 18.2 Å². The van der Waals surface area contributed by atoms with Crippen molar-refractivity contribution in [3.05, 3.63) is 35.6 Å². The van der Waals surface area contributed by atoms with Crippen LogP contribution in [0.5, 0.6) is 0 Å². The number of rotatable bonds is 6. The van der Waals surface area contributed by atoms with Gasteiger partial charge >= 0.3 is 0 Å². The summed E-state index contributed by atoms with van der Waals surface area (Å²) in [7, 11) is 2.20. The minimum absolute atomic E-state index is 0.487. The van der Waals surface area contributed by atoms with Crippen LogP contribution in [0.15, 0.2) is 28.7 Å².